The minimum Gasteiger partial charge on any atom is -0.497 e. The third-order valence-electron chi connectivity index (χ3n) is 3.87. The second-order valence-corrected chi connectivity index (χ2v) is 5.64. The molecular formula is C20H20N2O4. The molecule has 134 valence electrons. The van der Waals surface area contributed by atoms with Crippen LogP contribution in [-0.2, 0) is 0 Å². The van der Waals surface area contributed by atoms with Crippen molar-refractivity contribution in [2.75, 3.05) is 19.0 Å². The topological polar surface area (TPSA) is 83.7 Å². The average molecular weight is 352 g/mol. The summed E-state index contributed by atoms with van der Waals surface area (Å²) in [5.41, 5.74) is 1.99. The highest BCUT2D eigenvalue weighted by atomic mass is 16.5. The summed E-state index contributed by atoms with van der Waals surface area (Å²) in [6.07, 6.45) is 0.588. The van der Waals surface area contributed by atoms with Crippen LogP contribution in [0.15, 0.2) is 71.3 Å². The first-order valence-electron chi connectivity index (χ1n) is 8.17. The number of ether oxygens (including phenoxy) is 1. The van der Waals surface area contributed by atoms with E-state index in [4.69, 9.17) is 9.15 Å². The molecule has 6 nitrogen and oxygen atoms in total. The first-order chi connectivity index (χ1) is 12.7. The van der Waals surface area contributed by atoms with E-state index in [0.717, 1.165) is 11.4 Å². The van der Waals surface area contributed by atoms with E-state index < -0.39 is 6.10 Å². The molecule has 3 rings (SSSR count). The van der Waals surface area contributed by atoms with E-state index in [9.17, 15) is 9.90 Å². The van der Waals surface area contributed by atoms with Crippen LogP contribution in [0.25, 0.3) is 0 Å². The SMILES string of the molecule is COc1ccc(Nc2ccccc2C(=O)NCC(O)c2ccco2)cc1. The summed E-state index contributed by atoms with van der Waals surface area (Å²) in [7, 11) is 1.61. The van der Waals surface area contributed by atoms with Crippen molar-refractivity contribution in [1.29, 1.82) is 0 Å². The van der Waals surface area contributed by atoms with Gasteiger partial charge in [0.05, 0.1) is 31.2 Å². The Hall–Kier alpha value is -3.25. The van der Waals surface area contributed by atoms with Crippen LogP contribution < -0.4 is 15.4 Å². The molecule has 0 bridgehead atoms. The molecule has 2 aromatic carbocycles. The number of carbonyl (C=O) groups excluding carboxylic acids is 1. The zero-order valence-corrected chi connectivity index (χ0v) is 14.3. The number of para-hydroxylation sites is 1. The molecule has 26 heavy (non-hydrogen) atoms. The smallest absolute Gasteiger partial charge is 0.253 e. The fourth-order valence-corrected chi connectivity index (χ4v) is 2.49. The van der Waals surface area contributed by atoms with Gasteiger partial charge in [-0.1, -0.05) is 12.1 Å². The van der Waals surface area contributed by atoms with Crippen molar-refractivity contribution in [1.82, 2.24) is 5.32 Å². The van der Waals surface area contributed by atoms with E-state index in [1.807, 2.05) is 36.4 Å². The van der Waals surface area contributed by atoms with E-state index in [1.54, 1.807) is 31.4 Å². The predicted octanol–water partition coefficient (Wildman–Crippen LogP) is 3.50. The lowest BCUT2D eigenvalue weighted by atomic mass is 10.1. The molecule has 0 radical (unpaired) electrons. The summed E-state index contributed by atoms with van der Waals surface area (Å²) >= 11 is 0. The van der Waals surface area contributed by atoms with Crippen molar-refractivity contribution < 1.29 is 19.1 Å². The van der Waals surface area contributed by atoms with Crippen LogP contribution in [0.5, 0.6) is 5.75 Å². The minimum absolute atomic E-state index is 0.0587. The fourth-order valence-electron chi connectivity index (χ4n) is 2.49. The number of anilines is 2. The van der Waals surface area contributed by atoms with Gasteiger partial charge in [0.1, 0.15) is 17.6 Å². The second kappa shape index (κ2) is 8.22. The van der Waals surface area contributed by atoms with Crippen LogP contribution in [-0.4, -0.2) is 24.7 Å². The highest BCUT2D eigenvalue weighted by Crippen LogP contribution is 2.23. The summed E-state index contributed by atoms with van der Waals surface area (Å²) in [5, 5.41) is 16.0. The Morgan fingerprint density at radius 1 is 1.12 bits per heavy atom. The molecule has 0 fully saturated rings. The van der Waals surface area contributed by atoms with Gasteiger partial charge >= 0.3 is 0 Å². The molecule has 1 amide bonds. The Labute approximate surface area is 151 Å². The summed E-state index contributed by atoms with van der Waals surface area (Å²) < 4.78 is 10.3. The molecule has 1 unspecified atom stereocenters. The number of aliphatic hydroxyl groups is 1. The minimum atomic E-state index is -0.893. The lowest BCUT2D eigenvalue weighted by molar-refractivity contribution is 0.0902. The van der Waals surface area contributed by atoms with Crippen LogP contribution in [0.2, 0.25) is 0 Å². The molecule has 0 saturated carbocycles. The Balaban J connectivity index is 1.68. The Morgan fingerprint density at radius 3 is 2.58 bits per heavy atom. The zero-order valence-electron chi connectivity index (χ0n) is 14.3. The van der Waals surface area contributed by atoms with Crippen LogP contribution in [0.1, 0.15) is 22.2 Å². The number of furan rings is 1. The van der Waals surface area contributed by atoms with Gasteiger partial charge < -0.3 is 24.9 Å². The van der Waals surface area contributed by atoms with Gasteiger partial charge in [0, 0.05) is 5.69 Å². The summed E-state index contributed by atoms with van der Waals surface area (Å²) in [6, 6.07) is 17.9. The molecule has 0 spiro atoms. The lowest BCUT2D eigenvalue weighted by Crippen LogP contribution is -2.28. The molecule has 0 saturated heterocycles. The van der Waals surface area contributed by atoms with Crippen LogP contribution in [0.3, 0.4) is 0 Å². The Kier molecular flexibility index (Phi) is 5.56. The number of methoxy groups -OCH3 is 1. The standard InChI is InChI=1S/C20H20N2O4/c1-25-15-10-8-14(9-11-15)22-17-6-3-2-5-16(17)20(24)21-13-18(23)19-7-4-12-26-19/h2-12,18,22-23H,13H2,1H3,(H,21,24). The molecule has 1 atom stereocenters. The Morgan fingerprint density at radius 2 is 1.88 bits per heavy atom. The molecule has 3 N–H and O–H groups in total. The number of carbonyl (C=O) groups is 1. The number of hydrogen-bond donors (Lipinski definition) is 3. The maximum Gasteiger partial charge on any atom is 0.253 e. The number of amides is 1. The van der Waals surface area contributed by atoms with E-state index in [1.165, 1.54) is 6.26 Å². The largest absolute Gasteiger partial charge is 0.497 e. The van der Waals surface area contributed by atoms with E-state index >= 15 is 0 Å². The highest BCUT2D eigenvalue weighted by Gasteiger charge is 2.15. The monoisotopic (exact) mass is 352 g/mol. The van der Waals surface area contributed by atoms with Crippen molar-refractivity contribution >= 4 is 17.3 Å². The Bertz CT molecular complexity index is 845. The first kappa shape index (κ1) is 17.6. The van der Waals surface area contributed by atoms with Gasteiger partial charge in [-0.3, -0.25) is 4.79 Å². The molecule has 1 heterocycles. The molecule has 6 heteroatoms. The zero-order chi connectivity index (χ0) is 18.4. The van der Waals surface area contributed by atoms with Gasteiger partial charge in [-0.15, -0.1) is 0 Å². The quantitative estimate of drug-likeness (QED) is 0.606. The van der Waals surface area contributed by atoms with Crippen LogP contribution >= 0.6 is 0 Å². The van der Waals surface area contributed by atoms with Gasteiger partial charge in [0.2, 0.25) is 0 Å². The molecule has 0 aliphatic heterocycles. The van der Waals surface area contributed by atoms with Gasteiger partial charge in [-0.2, -0.15) is 0 Å². The van der Waals surface area contributed by atoms with Crippen molar-refractivity contribution in [3.63, 3.8) is 0 Å². The van der Waals surface area contributed by atoms with E-state index in [0.29, 0.717) is 17.0 Å². The van der Waals surface area contributed by atoms with Crippen molar-refractivity contribution in [2.45, 2.75) is 6.10 Å². The van der Waals surface area contributed by atoms with Crippen molar-refractivity contribution in [2.24, 2.45) is 0 Å². The van der Waals surface area contributed by atoms with Gasteiger partial charge in [-0.05, 0) is 48.5 Å². The van der Waals surface area contributed by atoms with Gasteiger partial charge in [0.25, 0.3) is 5.91 Å². The molecular weight excluding hydrogens is 332 g/mol. The van der Waals surface area contributed by atoms with Gasteiger partial charge in [-0.25, -0.2) is 0 Å². The third kappa shape index (κ3) is 4.23. The average Bonchev–Trinajstić information content (AvgIpc) is 3.22. The van der Waals surface area contributed by atoms with Crippen molar-refractivity contribution in [3.8, 4) is 5.75 Å². The molecule has 0 aliphatic rings. The lowest BCUT2D eigenvalue weighted by Gasteiger charge is -2.14. The summed E-state index contributed by atoms with van der Waals surface area (Å²) in [5.74, 6) is 0.885. The maximum absolute atomic E-state index is 12.5. The highest BCUT2D eigenvalue weighted by molar-refractivity contribution is 6.00. The van der Waals surface area contributed by atoms with E-state index in [-0.39, 0.29) is 12.5 Å². The predicted molar refractivity (Wildman–Crippen MR) is 98.7 cm³/mol. The third-order valence-corrected chi connectivity index (χ3v) is 3.87. The first-order valence-corrected chi connectivity index (χ1v) is 8.17. The maximum atomic E-state index is 12.5. The second-order valence-electron chi connectivity index (χ2n) is 5.64. The number of hydrogen-bond acceptors (Lipinski definition) is 5. The number of benzene rings is 2. The van der Waals surface area contributed by atoms with Crippen LogP contribution in [0.4, 0.5) is 11.4 Å². The van der Waals surface area contributed by atoms with Crippen LogP contribution in [0, 0.1) is 0 Å². The molecule has 1 aromatic heterocycles. The van der Waals surface area contributed by atoms with E-state index in [2.05, 4.69) is 10.6 Å². The normalized spacial score (nSPS) is 11.6. The molecule has 3 aromatic rings. The van der Waals surface area contributed by atoms with Crippen molar-refractivity contribution in [3.05, 3.63) is 78.3 Å². The summed E-state index contributed by atoms with van der Waals surface area (Å²) in [4.78, 5) is 12.5. The number of aliphatic hydroxyl groups excluding tert-OH is 1. The fraction of sp³-hybridized carbons (Fsp3) is 0.150. The summed E-state index contributed by atoms with van der Waals surface area (Å²) in [6.45, 7) is 0.0587. The number of rotatable bonds is 7. The molecule has 0 aliphatic carbocycles. The number of nitrogens with one attached hydrogen (secondary N) is 2. The van der Waals surface area contributed by atoms with Gasteiger partial charge in [0.15, 0.2) is 0 Å².